The molecular weight excluding hydrogens is 300 g/mol. The van der Waals surface area contributed by atoms with Crippen molar-refractivity contribution in [2.45, 2.75) is 85.0 Å². The average molecular weight is 335 g/mol. The summed E-state index contributed by atoms with van der Waals surface area (Å²) in [7, 11) is 0. The highest BCUT2D eigenvalue weighted by Gasteiger charge is 2.29. The van der Waals surface area contributed by atoms with Crippen molar-refractivity contribution < 1.29 is 0 Å². The van der Waals surface area contributed by atoms with E-state index < -0.39 is 0 Å². The first kappa shape index (κ1) is 18.2. The molecule has 0 heteroatoms. The Morgan fingerprint density at radius 1 is 0.760 bits per heavy atom. The molecule has 0 radical (unpaired) electrons. The first-order valence-corrected chi connectivity index (χ1v) is 10.5. The third kappa shape index (κ3) is 3.28. The molecule has 0 saturated carbocycles. The first-order chi connectivity index (χ1) is 12.3. The molecule has 0 bridgehead atoms. The van der Waals surface area contributed by atoms with Gasteiger partial charge in [-0.1, -0.05) is 89.3 Å². The third-order valence-corrected chi connectivity index (χ3v) is 5.77. The third-order valence-electron chi connectivity index (χ3n) is 5.77. The maximum Gasteiger partial charge on any atom is 0.00604 e. The standard InChI is InChI=1S/C25H34/c1-5-10-18-16-17-19-14-9-15-23-21(12-7-3)20(11-6-2)22(13-8-4)24(18)25(19)23/h9,14-17,21H,5-8,10-13H2,1-4H3. The maximum atomic E-state index is 2.42. The minimum Gasteiger partial charge on any atom is -0.0653 e. The molecule has 2 aromatic carbocycles. The molecule has 0 N–H and O–H groups in total. The van der Waals surface area contributed by atoms with Crippen molar-refractivity contribution in [3.63, 3.8) is 0 Å². The van der Waals surface area contributed by atoms with Crippen LogP contribution in [0.25, 0.3) is 16.3 Å². The zero-order valence-electron chi connectivity index (χ0n) is 16.6. The molecule has 2 aromatic rings. The molecule has 0 amide bonds. The van der Waals surface area contributed by atoms with Gasteiger partial charge in [0.2, 0.25) is 0 Å². The van der Waals surface area contributed by atoms with Crippen molar-refractivity contribution in [1.82, 2.24) is 0 Å². The molecule has 0 spiro atoms. The van der Waals surface area contributed by atoms with Crippen molar-refractivity contribution >= 4 is 16.3 Å². The highest BCUT2D eigenvalue weighted by molar-refractivity contribution is 6.01. The summed E-state index contributed by atoms with van der Waals surface area (Å²) in [5.41, 5.74) is 8.27. The molecule has 0 fully saturated rings. The van der Waals surface area contributed by atoms with Crippen LogP contribution in [0, 0.1) is 0 Å². The van der Waals surface area contributed by atoms with E-state index in [9.17, 15) is 0 Å². The molecule has 0 nitrogen and oxygen atoms in total. The second-order valence-corrected chi connectivity index (χ2v) is 7.64. The monoisotopic (exact) mass is 334 g/mol. The van der Waals surface area contributed by atoms with Gasteiger partial charge in [0.15, 0.2) is 0 Å². The summed E-state index contributed by atoms with van der Waals surface area (Å²) >= 11 is 0. The summed E-state index contributed by atoms with van der Waals surface area (Å²) in [5, 5.41) is 3.02. The van der Waals surface area contributed by atoms with E-state index in [1.54, 1.807) is 33.2 Å². The topological polar surface area (TPSA) is 0 Å². The zero-order chi connectivity index (χ0) is 17.8. The van der Waals surface area contributed by atoms with Gasteiger partial charge in [0.05, 0.1) is 0 Å². The highest BCUT2D eigenvalue weighted by atomic mass is 14.3. The summed E-state index contributed by atoms with van der Waals surface area (Å²) in [6.45, 7) is 9.33. The van der Waals surface area contributed by atoms with Gasteiger partial charge in [-0.3, -0.25) is 0 Å². The lowest BCUT2D eigenvalue weighted by Gasteiger charge is -2.33. The average Bonchev–Trinajstić information content (AvgIpc) is 2.62. The highest BCUT2D eigenvalue weighted by Crippen LogP contribution is 2.49. The molecule has 0 saturated heterocycles. The largest absolute Gasteiger partial charge is 0.0653 e. The molecule has 25 heavy (non-hydrogen) atoms. The lowest BCUT2D eigenvalue weighted by atomic mass is 9.71. The van der Waals surface area contributed by atoms with Crippen LogP contribution in [0.4, 0.5) is 0 Å². The SMILES string of the molecule is CCCC1=C(CCC)C(CCC)c2cccc3ccc(CCC)c1c23. The molecule has 0 heterocycles. The normalized spacial score (nSPS) is 16.7. The number of benzene rings is 2. The summed E-state index contributed by atoms with van der Waals surface area (Å²) in [5.74, 6) is 0.638. The van der Waals surface area contributed by atoms with Crippen molar-refractivity contribution in [3.8, 4) is 0 Å². The molecule has 1 atom stereocenters. The fraction of sp³-hybridized carbons (Fsp3) is 0.520. The Hall–Kier alpha value is -1.56. The van der Waals surface area contributed by atoms with Crippen LogP contribution in [0.5, 0.6) is 0 Å². The predicted molar refractivity (Wildman–Crippen MR) is 112 cm³/mol. The van der Waals surface area contributed by atoms with Gasteiger partial charge in [-0.05, 0) is 58.7 Å². The van der Waals surface area contributed by atoms with Gasteiger partial charge in [0.1, 0.15) is 0 Å². The van der Waals surface area contributed by atoms with Crippen LogP contribution < -0.4 is 0 Å². The van der Waals surface area contributed by atoms with E-state index in [-0.39, 0.29) is 0 Å². The van der Waals surface area contributed by atoms with Gasteiger partial charge < -0.3 is 0 Å². The minimum atomic E-state index is 0.638. The van der Waals surface area contributed by atoms with Gasteiger partial charge >= 0.3 is 0 Å². The van der Waals surface area contributed by atoms with Crippen molar-refractivity contribution in [3.05, 3.63) is 52.6 Å². The fourth-order valence-electron chi connectivity index (χ4n) is 4.87. The van der Waals surface area contributed by atoms with Gasteiger partial charge in [0.25, 0.3) is 0 Å². The quantitative estimate of drug-likeness (QED) is 0.458. The van der Waals surface area contributed by atoms with Crippen molar-refractivity contribution in [1.29, 1.82) is 0 Å². The molecule has 0 aromatic heterocycles. The van der Waals surface area contributed by atoms with Crippen LogP contribution in [0.2, 0.25) is 0 Å². The van der Waals surface area contributed by atoms with Crippen molar-refractivity contribution in [2.75, 3.05) is 0 Å². The van der Waals surface area contributed by atoms with E-state index in [4.69, 9.17) is 0 Å². The van der Waals surface area contributed by atoms with E-state index in [1.807, 2.05) is 0 Å². The van der Waals surface area contributed by atoms with Gasteiger partial charge in [-0.25, -0.2) is 0 Å². The summed E-state index contributed by atoms with van der Waals surface area (Å²) in [4.78, 5) is 0. The Balaban J connectivity index is 2.35. The molecule has 0 aliphatic heterocycles. The second-order valence-electron chi connectivity index (χ2n) is 7.64. The van der Waals surface area contributed by atoms with Crippen LogP contribution in [0.1, 0.15) is 95.2 Å². The summed E-state index contributed by atoms with van der Waals surface area (Å²) in [6.07, 6.45) is 9.97. The number of hydrogen-bond donors (Lipinski definition) is 0. The van der Waals surface area contributed by atoms with E-state index in [2.05, 4.69) is 58.0 Å². The number of hydrogen-bond acceptors (Lipinski definition) is 0. The molecule has 1 aliphatic rings. The Labute approximate surface area is 154 Å². The number of aryl methyl sites for hydroxylation is 1. The Bertz CT molecular complexity index is 763. The fourth-order valence-corrected chi connectivity index (χ4v) is 4.87. The smallest absolute Gasteiger partial charge is 0.00604 e. The lowest BCUT2D eigenvalue weighted by molar-refractivity contribution is 0.652. The van der Waals surface area contributed by atoms with Crippen LogP contribution in [0.3, 0.4) is 0 Å². The minimum absolute atomic E-state index is 0.638. The van der Waals surface area contributed by atoms with Gasteiger partial charge in [0, 0.05) is 5.92 Å². The van der Waals surface area contributed by atoms with Gasteiger partial charge in [-0.15, -0.1) is 0 Å². The number of allylic oxidation sites excluding steroid dienone is 2. The van der Waals surface area contributed by atoms with Crippen molar-refractivity contribution in [2.24, 2.45) is 0 Å². The van der Waals surface area contributed by atoms with E-state index in [0.717, 1.165) is 0 Å². The first-order valence-electron chi connectivity index (χ1n) is 10.5. The molecule has 3 rings (SSSR count). The lowest BCUT2D eigenvalue weighted by Crippen LogP contribution is -2.14. The van der Waals surface area contributed by atoms with Crippen LogP contribution in [0.15, 0.2) is 35.9 Å². The van der Waals surface area contributed by atoms with Crippen LogP contribution in [-0.2, 0) is 6.42 Å². The maximum absolute atomic E-state index is 2.42. The molecular formula is C25H34. The Morgan fingerprint density at radius 3 is 2.20 bits per heavy atom. The molecule has 1 unspecified atom stereocenters. The Morgan fingerprint density at radius 2 is 1.52 bits per heavy atom. The second kappa shape index (κ2) is 8.21. The van der Waals surface area contributed by atoms with E-state index in [0.29, 0.717) is 5.92 Å². The van der Waals surface area contributed by atoms with E-state index >= 15 is 0 Å². The number of rotatable bonds is 8. The Kier molecular flexibility index (Phi) is 5.99. The molecule has 1 aliphatic carbocycles. The van der Waals surface area contributed by atoms with Crippen LogP contribution >= 0.6 is 0 Å². The van der Waals surface area contributed by atoms with Crippen LogP contribution in [-0.4, -0.2) is 0 Å². The van der Waals surface area contributed by atoms with Gasteiger partial charge in [-0.2, -0.15) is 0 Å². The molecule has 134 valence electrons. The zero-order valence-corrected chi connectivity index (χ0v) is 16.6. The summed E-state index contributed by atoms with van der Waals surface area (Å²) in [6, 6.07) is 11.8. The predicted octanol–water partition coefficient (Wildman–Crippen LogP) is 8.04. The van der Waals surface area contributed by atoms with E-state index in [1.165, 1.54) is 56.8 Å². The summed E-state index contributed by atoms with van der Waals surface area (Å²) < 4.78 is 0.